The van der Waals surface area contributed by atoms with Gasteiger partial charge in [-0.1, -0.05) is 44.2 Å². The summed E-state index contributed by atoms with van der Waals surface area (Å²) < 4.78 is 1.69. The van der Waals surface area contributed by atoms with Gasteiger partial charge in [0.25, 0.3) is 5.56 Å². The second kappa shape index (κ2) is 12.9. The Morgan fingerprint density at radius 3 is 2.47 bits per heavy atom. The van der Waals surface area contributed by atoms with Crippen molar-refractivity contribution in [3.8, 4) is 0 Å². The van der Waals surface area contributed by atoms with Crippen molar-refractivity contribution in [2.24, 2.45) is 16.8 Å². The van der Waals surface area contributed by atoms with Crippen LogP contribution in [-0.4, -0.2) is 35.3 Å². The first-order valence-electron chi connectivity index (χ1n) is 10.9. The number of hydrogen-bond donors (Lipinski definition) is 3. The third-order valence-electron chi connectivity index (χ3n) is 4.94. The minimum Gasteiger partial charge on any atom is -0.396 e. The van der Waals surface area contributed by atoms with E-state index < -0.39 is 0 Å². The molecule has 0 bridgehead atoms. The Morgan fingerprint density at radius 2 is 1.83 bits per heavy atom. The molecule has 0 amide bonds. The van der Waals surface area contributed by atoms with Gasteiger partial charge in [0.2, 0.25) is 0 Å². The number of aromatic nitrogens is 1. The molecule has 3 N–H and O–H groups in total. The summed E-state index contributed by atoms with van der Waals surface area (Å²) >= 11 is 0. The van der Waals surface area contributed by atoms with Gasteiger partial charge in [-0.05, 0) is 48.8 Å². The maximum atomic E-state index is 11.9. The van der Waals surface area contributed by atoms with Gasteiger partial charge in [0.15, 0.2) is 5.96 Å². The number of rotatable bonds is 11. The topological polar surface area (TPSA) is 78.7 Å². The lowest BCUT2D eigenvalue weighted by molar-refractivity contribution is 0.243. The molecule has 0 aliphatic rings. The van der Waals surface area contributed by atoms with Crippen LogP contribution in [0.25, 0.3) is 0 Å². The van der Waals surface area contributed by atoms with Gasteiger partial charge >= 0.3 is 0 Å². The first kappa shape index (κ1) is 23.7. The molecule has 2 rings (SSSR count). The normalized spacial score (nSPS) is 12.8. The van der Waals surface area contributed by atoms with Gasteiger partial charge in [-0.15, -0.1) is 0 Å². The Bertz CT molecular complexity index is 828. The highest BCUT2D eigenvalue weighted by Gasteiger charge is 2.11. The number of aliphatic hydroxyl groups is 1. The second-order valence-corrected chi connectivity index (χ2v) is 8.07. The Morgan fingerprint density at radius 1 is 1.10 bits per heavy atom. The predicted molar refractivity (Wildman–Crippen MR) is 124 cm³/mol. The molecular weight excluding hydrogens is 376 g/mol. The number of aliphatic hydroxyl groups excluding tert-OH is 1. The summed E-state index contributed by atoms with van der Waals surface area (Å²) in [5.41, 5.74) is 2.21. The fourth-order valence-corrected chi connectivity index (χ4v) is 3.44. The molecule has 0 saturated heterocycles. The number of benzene rings is 1. The molecule has 1 heterocycles. The molecule has 164 valence electrons. The first-order valence-corrected chi connectivity index (χ1v) is 10.9. The molecule has 0 saturated carbocycles. The fourth-order valence-electron chi connectivity index (χ4n) is 3.44. The molecule has 1 unspecified atom stereocenters. The molecule has 0 spiro atoms. The molecule has 1 aromatic heterocycles. The molecule has 0 fully saturated rings. The van der Waals surface area contributed by atoms with Gasteiger partial charge in [0.05, 0.1) is 13.1 Å². The Balaban J connectivity index is 1.94. The van der Waals surface area contributed by atoms with Crippen molar-refractivity contribution in [3.63, 3.8) is 0 Å². The van der Waals surface area contributed by atoms with Crippen LogP contribution in [0.5, 0.6) is 0 Å². The van der Waals surface area contributed by atoms with Gasteiger partial charge in [0, 0.05) is 32.0 Å². The van der Waals surface area contributed by atoms with E-state index >= 15 is 0 Å². The van der Waals surface area contributed by atoms with Gasteiger partial charge in [-0.2, -0.15) is 0 Å². The first-order chi connectivity index (χ1) is 14.5. The van der Waals surface area contributed by atoms with Crippen molar-refractivity contribution in [2.45, 2.75) is 46.7 Å². The molecule has 2 aromatic rings. The van der Waals surface area contributed by atoms with Crippen LogP contribution in [0.15, 0.2) is 58.4 Å². The minimum absolute atomic E-state index is 0.00417. The van der Waals surface area contributed by atoms with E-state index in [4.69, 9.17) is 4.99 Å². The third-order valence-corrected chi connectivity index (χ3v) is 4.94. The molecule has 1 aromatic carbocycles. The fraction of sp³-hybridized carbons (Fsp3) is 0.500. The number of aliphatic imine (C=N–C) groups is 1. The molecule has 0 radical (unpaired) electrons. The van der Waals surface area contributed by atoms with Crippen LogP contribution in [0.3, 0.4) is 0 Å². The van der Waals surface area contributed by atoms with Gasteiger partial charge in [-0.3, -0.25) is 4.79 Å². The average Bonchev–Trinajstić information content (AvgIpc) is 2.72. The lowest BCUT2D eigenvalue weighted by Gasteiger charge is -2.20. The van der Waals surface area contributed by atoms with Crippen molar-refractivity contribution < 1.29 is 5.11 Å². The molecule has 0 aliphatic heterocycles. The molecule has 6 heteroatoms. The highest BCUT2D eigenvalue weighted by atomic mass is 16.3. The third kappa shape index (κ3) is 8.41. The maximum absolute atomic E-state index is 11.9. The average molecular weight is 413 g/mol. The summed E-state index contributed by atoms with van der Waals surface area (Å²) in [6.07, 6.45) is 3.69. The summed E-state index contributed by atoms with van der Waals surface area (Å²) in [4.78, 5) is 16.6. The maximum Gasteiger partial charge on any atom is 0.250 e. The summed E-state index contributed by atoms with van der Waals surface area (Å²) in [6, 6.07) is 13.4. The van der Waals surface area contributed by atoms with Crippen molar-refractivity contribution >= 4 is 5.96 Å². The molecule has 30 heavy (non-hydrogen) atoms. The molecule has 0 aliphatic carbocycles. The van der Waals surface area contributed by atoms with E-state index in [0.29, 0.717) is 24.9 Å². The smallest absolute Gasteiger partial charge is 0.250 e. The zero-order valence-electron chi connectivity index (χ0n) is 18.5. The highest BCUT2D eigenvalue weighted by Crippen LogP contribution is 2.14. The van der Waals surface area contributed by atoms with Crippen molar-refractivity contribution in [2.75, 3.05) is 19.7 Å². The van der Waals surface area contributed by atoms with Crippen LogP contribution in [0.4, 0.5) is 0 Å². The quantitative estimate of drug-likeness (QED) is 0.392. The van der Waals surface area contributed by atoms with Crippen LogP contribution in [0, 0.1) is 11.8 Å². The second-order valence-electron chi connectivity index (χ2n) is 8.07. The van der Waals surface area contributed by atoms with Crippen LogP contribution >= 0.6 is 0 Å². The summed E-state index contributed by atoms with van der Waals surface area (Å²) in [6.45, 7) is 9.43. The molecule has 1 atom stereocenters. The van der Waals surface area contributed by atoms with E-state index in [2.05, 4.69) is 43.5 Å². The van der Waals surface area contributed by atoms with Crippen LogP contribution in [-0.2, 0) is 13.1 Å². The monoisotopic (exact) mass is 412 g/mol. The standard InChI is InChI=1S/C24H36N4O2/c1-4-25-24(27-17-22(12-14-29)15-19(2)3)26-16-20-8-10-21(11-9-20)18-28-13-6-5-7-23(28)30/h5-11,13,19,22,29H,4,12,14-18H2,1-3H3,(H2,25,26,27). The minimum atomic E-state index is 0.00417. The Labute approximate surface area is 180 Å². The van der Waals surface area contributed by atoms with Gasteiger partial charge in [-0.25, -0.2) is 4.99 Å². The SMILES string of the molecule is CCNC(=NCc1ccc(Cn2ccccc2=O)cc1)NCC(CCO)CC(C)C. The van der Waals surface area contributed by atoms with Crippen molar-refractivity contribution in [1.82, 2.24) is 15.2 Å². The zero-order chi connectivity index (χ0) is 21.8. The van der Waals surface area contributed by atoms with E-state index in [9.17, 15) is 9.90 Å². The molecular formula is C24H36N4O2. The number of nitrogens with one attached hydrogen (secondary N) is 2. The Kier molecular flexibility index (Phi) is 10.1. The predicted octanol–water partition coefficient (Wildman–Crippen LogP) is 3.00. The Hall–Kier alpha value is -2.60. The van der Waals surface area contributed by atoms with Gasteiger partial charge in [0.1, 0.15) is 0 Å². The van der Waals surface area contributed by atoms with Gasteiger partial charge < -0.3 is 20.3 Å². The van der Waals surface area contributed by atoms with E-state index in [1.54, 1.807) is 22.9 Å². The van der Waals surface area contributed by atoms with E-state index in [-0.39, 0.29) is 12.2 Å². The van der Waals surface area contributed by atoms with Crippen LogP contribution in [0.2, 0.25) is 0 Å². The molecule has 6 nitrogen and oxygen atoms in total. The largest absolute Gasteiger partial charge is 0.396 e. The number of pyridine rings is 1. The van der Waals surface area contributed by atoms with E-state index in [1.165, 1.54) is 0 Å². The summed E-state index contributed by atoms with van der Waals surface area (Å²) in [5, 5.41) is 16.0. The summed E-state index contributed by atoms with van der Waals surface area (Å²) in [5.74, 6) is 1.83. The number of nitrogens with zero attached hydrogens (tertiary/aromatic N) is 2. The lowest BCUT2D eigenvalue weighted by atomic mass is 9.94. The number of guanidine groups is 1. The van der Waals surface area contributed by atoms with Crippen molar-refractivity contribution in [1.29, 1.82) is 0 Å². The van der Waals surface area contributed by atoms with Crippen LogP contribution in [0.1, 0.15) is 44.7 Å². The highest BCUT2D eigenvalue weighted by molar-refractivity contribution is 5.79. The summed E-state index contributed by atoms with van der Waals surface area (Å²) in [7, 11) is 0. The zero-order valence-corrected chi connectivity index (χ0v) is 18.5. The van der Waals surface area contributed by atoms with E-state index in [1.807, 2.05) is 18.2 Å². The number of hydrogen-bond acceptors (Lipinski definition) is 3. The van der Waals surface area contributed by atoms with E-state index in [0.717, 1.165) is 43.0 Å². The lowest BCUT2D eigenvalue weighted by Crippen LogP contribution is -2.40. The van der Waals surface area contributed by atoms with Crippen LogP contribution < -0.4 is 16.2 Å². The van der Waals surface area contributed by atoms with Crippen molar-refractivity contribution in [3.05, 3.63) is 70.1 Å².